The van der Waals surface area contributed by atoms with Gasteiger partial charge in [-0.1, -0.05) is 20.3 Å². The van der Waals surface area contributed by atoms with Crippen molar-refractivity contribution in [3.8, 4) is 5.75 Å². The average Bonchev–Trinajstić information content (AvgIpc) is 2.55. The third kappa shape index (κ3) is 5.22. The van der Waals surface area contributed by atoms with Gasteiger partial charge in [-0.3, -0.25) is 9.69 Å². The van der Waals surface area contributed by atoms with Crippen molar-refractivity contribution in [2.24, 2.45) is 5.92 Å². The van der Waals surface area contributed by atoms with Crippen LogP contribution in [0.2, 0.25) is 0 Å². The number of piperidine rings is 1. The normalized spacial score (nSPS) is 17.0. The molecule has 5 heteroatoms. The van der Waals surface area contributed by atoms with Crippen LogP contribution in [-0.2, 0) is 4.79 Å². The van der Waals surface area contributed by atoms with Gasteiger partial charge in [0.05, 0.1) is 12.6 Å². The lowest BCUT2D eigenvalue weighted by atomic mass is 9.98. The molecule has 1 unspecified atom stereocenters. The molecule has 1 heterocycles. The van der Waals surface area contributed by atoms with Crippen molar-refractivity contribution in [1.29, 1.82) is 0 Å². The highest BCUT2D eigenvalue weighted by molar-refractivity contribution is 5.95. The van der Waals surface area contributed by atoms with E-state index in [-0.39, 0.29) is 31.1 Å². The van der Waals surface area contributed by atoms with E-state index in [9.17, 15) is 4.79 Å². The Morgan fingerprint density at radius 2 is 1.87 bits per heavy atom. The zero-order chi connectivity index (χ0) is 16.7. The molecule has 1 saturated heterocycles. The highest BCUT2D eigenvalue weighted by Gasteiger charge is 2.29. The smallest absolute Gasteiger partial charge is 0.241 e. The van der Waals surface area contributed by atoms with Crippen LogP contribution in [0.4, 0.5) is 5.69 Å². The minimum absolute atomic E-state index is 0.00953. The maximum atomic E-state index is 12.7. The summed E-state index contributed by atoms with van der Waals surface area (Å²) in [5.41, 5.74) is 0.772. The lowest BCUT2D eigenvalue weighted by Gasteiger charge is -2.35. The number of hydrogen-bond donors (Lipinski definition) is 2. The van der Waals surface area contributed by atoms with Crippen molar-refractivity contribution in [3.05, 3.63) is 24.3 Å². The second kappa shape index (κ2) is 8.89. The van der Waals surface area contributed by atoms with E-state index in [0.717, 1.165) is 18.8 Å². The molecule has 0 bridgehead atoms. The molecule has 0 spiro atoms. The highest BCUT2D eigenvalue weighted by Crippen LogP contribution is 2.21. The van der Waals surface area contributed by atoms with Crippen molar-refractivity contribution in [1.82, 2.24) is 4.90 Å². The molecule has 0 saturated carbocycles. The van der Waals surface area contributed by atoms with E-state index in [1.807, 2.05) is 12.1 Å². The van der Waals surface area contributed by atoms with E-state index in [0.29, 0.717) is 5.75 Å². The molecule has 1 aromatic rings. The molecule has 128 valence electrons. The van der Waals surface area contributed by atoms with E-state index < -0.39 is 0 Å². The van der Waals surface area contributed by atoms with Gasteiger partial charge in [0.25, 0.3) is 0 Å². The SMILES string of the molecule is CC(C)C(C(=O)Nc1ccc(OCCO)cc1)N1CCCCC1. The maximum absolute atomic E-state index is 12.7. The standard InChI is InChI=1S/C18H28N2O3/c1-14(2)17(20-10-4-3-5-11-20)18(22)19-15-6-8-16(9-7-15)23-13-12-21/h6-9,14,17,21H,3-5,10-13H2,1-2H3,(H,19,22). The third-order valence-electron chi connectivity index (χ3n) is 4.17. The molecule has 1 aromatic carbocycles. The summed E-state index contributed by atoms with van der Waals surface area (Å²) in [6, 6.07) is 7.18. The Kier molecular flexibility index (Phi) is 6.86. The zero-order valence-corrected chi connectivity index (χ0v) is 14.1. The largest absolute Gasteiger partial charge is 0.491 e. The number of carbonyl (C=O) groups excluding carboxylic acids is 1. The van der Waals surface area contributed by atoms with Gasteiger partial charge in [0.2, 0.25) is 5.91 Å². The van der Waals surface area contributed by atoms with Crippen molar-refractivity contribution in [3.63, 3.8) is 0 Å². The van der Waals surface area contributed by atoms with Gasteiger partial charge in [0.1, 0.15) is 12.4 Å². The predicted molar refractivity (Wildman–Crippen MR) is 91.7 cm³/mol. The lowest BCUT2D eigenvalue weighted by Crippen LogP contribution is -2.49. The number of aliphatic hydroxyl groups is 1. The Bertz CT molecular complexity index is 482. The number of ether oxygens (including phenoxy) is 1. The van der Waals surface area contributed by atoms with Crippen LogP contribution < -0.4 is 10.1 Å². The summed E-state index contributed by atoms with van der Waals surface area (Å²) in [5.74, 6) is 1.03. The first-order chi connectivity index (χ1) is 11.1. The molecular weight excluding hydrogens is 292 g/mol. The topological polar surface area (TPSA) is 61.8 Å². The van der Waals surface area contributed by atoms with Gasteiger partial charge in [0.15, 0.2) is 0 Å². The number of nitrogens with one attached hydrogen (secondary N) is 1. The van der Waals surface area contributed by atoms with Crippen LogP contribution in [0.15, 0.2) is 24.3 Å². The van der Waals surface area contributed by atoms with E-state index in [2.05, 4.69) is 24.1 Å². The van der Waals surface area contributed by atoms with Crippen LogP contribution in [0.5, 0.6) is 5.75 Å². The molecule has 1 amide bonds. The van der Waals surface area contributed by atoms with Gasteiger partial charge in [-0.25, -0.2) is 0 Å². The Balaban J connectivity index is 1.97. The number of anilines is 1. The minimum atomic E-state index is -0.0828. The van der Waals surface area contributed by atoms with Crippen LogP contribution in [0, 0.1) is 5.92 Å². The van der Waals surface area contributed by atoms with E-state index in [1.54, 1.807) is 12.1 Å². The lowest BCUT2D eigenvalue weighted by molar-refractivity contribution is -0.123. The molecule has 0 radical (unpaired) electrons. The van der Waals surface area contributed by atoms with Crippen LogP contribution in [0.1, 0.15) is 33.1 Å². The Morgan fingerprint density at radius 1 is 1.22 bits per heavy atom. The zero-order valence-electron chi connectivity index (χ0n) is 14.1. The highest BCUT2D eigenvalue weighted by atomic mass is 16.5. The number of carbonyl (C=O) groups is 1. The summed E-state index contributed by atoms with van der Waals surface area (Å²) in [5, 5.41) is 11.8. The second-order valence-electron chi connectivity index (χ2n) is 6.37. The first-order valence-electron chi connectivity index (χ1n) is 8.50. The number of rotatable bonds is 7. The number of hydrogen-bond acceptors (Lipinski definition) is 4. The Morgan fingerprint density at radius 3 is 2.43 bits per heavy atom. The maximum Gasteiger partial charge on any atom is 0.241 e. The summed E-state index contributed by atoms with van der Waals surface area (Å²) < 4.78 is 5.33. The predicted octanol–water partition coefficient (Wildman–Crippen LogP) is 2.51. The molecule has 1 fully saturated rings. The fraction of sp³-hybridized carbons (Fsp3) is 0.611. The molecular formula is C18H28N2O3. The third-order valence-corrected chi connectivity index (χ3v) is 4.17. The van der Waals surface area contributed by atoms with E-state index >= 15 is 0 Å². The Hall–Kier alpha value is -1.59. The number of aliphatic hydroxyl groups excluding tert-OH is 1. The Labute approximate surface area is 138 Å². The van der Waals surface area contributed by atoms with Crippen molar-refractivity contribution in [2.75, 3.05) is 31.6 Å². The quantitative estimate of drug-likeness (QED) is 0.810. The van der Waals surface area contributed by atoms with E-state index in [4.69, 9.17) is 9.84 Å². The van der Waals surface area contributed by atoms with Gasteiger partial charge in [0, 0.05) is 5.69 Å². The first kappa shape index (κ1) is 17.8. The minimum Gasteiger partial charge on any atom is -0.491 e. The van der Waals surface area contributed by atoms with Crippen molar-refractivity contribution < 1.29 is 14.6 Å². The van der Waals surface area contributed by atoms with Crippen LogP contribution in [0.25, 0.3) is 0 Å². The average molecular weight is 320 g/mol. The molecule has 1 aliphatic rings. The second-order valence-corrected chi connectivity index (χ2v) is 6.37. The molecule has 2 N–H and O–H groups in total. The summed E-state index contributed by atoms with van der Waals surface area (Å²) in [6.07, 6.45) is 3.61. The van der Waals surface area contributed by atoms with Gasteiger partial charge < -0.3 is 15.2 Å². The van der Waals surface area contributed by atoms with Gasteiger partial charge >= 0.3 is 0 Å². The monoisotopic (exact) mass is 320 g/mol. The molecule has 0 aliphatic carbocycles. The molecule has 1 atom stereocenters. The van der Waals surface area contributed by atoms with Crippen LogP contribution >= 0.6 is 0 Å². The number of benzene rings is 1. The van der Waals surface area contributed by atoms with Gasteiger partial charge in [-0.05, 0) is 56.1 Å². The summed E-state index contributed by atoms with van der Waals surface area (Å²) >= 11 is 0. The molecule has 5 nitrogen and oxygen atoms in total. The molecule has 1 aliphatic heterocycles. The molecule has 2 rings (SSSR count). The number of nitrogens with zero attached hydrogens (tertiary/aromatic N) is 1. The van der Waals surface area contributed by atoms with Crippen molar-refractivity contribution in [2.45, 2.75) is 39.2 Å². The van der Waals surface area contributed by atoms with Gasteiger partial charge in [-0.15, -0.1) is 0 Å². The summed E-state index contributed by atoms with van der Waals surface area (Å²) in [7, 11) is 0. The first-order valence-corrected chi connectivity index (χ1v) is 8.50. The van der Waals surface area contributed by atoms with Crippen LogP contribution in [0.3, 0.4) is 0 Å². The van der Waals surface area contributed by atoms with Crippen molar-refractivity contribution >= 4 is 11.6 Å². The molecule has 0 aromatic heterocycles. The summed E-state index contributed by atoms with van der Waals surface area (Å²) in [4.78, 5) is 15.0. The summed E-state index contributed by atoms with van der Waals surface area (Å²) in [6.45, 7) is 6.48. The number of likely N-dealkylation sites (tertiary alicyclic amines) is 1. The fourth-order valence-corrected chi connectivity index (χ4v) is 3.10. The number of amides is 1. The van der Waals surface area contributed by atoms with Gasteiger partial charge in [-0.2, -0.15) is 0 Å². The molecule has 23 heavy (non-hydrogen) atoms. The van der Waals surface area contributed by atoms with Crippen LogP contribution in [-0.4, -0.2) is 48.3 Å². The fourth-order valence-electron chi connectivity index (χ4n) is 3.10. The van der Waals surface area contributed by atoms with E-state index in [1.165, 1.54) is 19.3 Å².